The number of para-hydroxylation sites is 4. The fraction of sp³-hybridized carbons (Fsp3) is 0.0847. The topological polar surface area (TPSA) is 35.9 Å². The van der Waals surface area contributed by atoms with Crippen LogP contribution in [-0.2, 0) is 26.5 Å². The van der Waals surface area contributed by atoms with E-state index in [0.29, 0.717) is 27.9 Å². The molecule has 0 amide bonds. The summed E-state index contributed by atoms with van der Waals surface area (Å²) >= 11 is 0. The molecule has 0 aliphatic carbocycles. The van der Waals surface area contributed by atoms with Crippen molar-refractivity contribution in [3.8, 4) is 62.1 Å². The molecule has 0 aliphatic rings. The van der Waals surface area contributed by atoms with E-state index in [4.69, 9.17) is 30.3 Å². The maximum atomic E-state index is 9.16. The fourth-order valence-corrected chi connectivity index (χ4v) is 8.13. The summed E-state index contributed by atoms with van der Waals surface area (Å²) in [6.45, 7) is 8.06. The summed E-state index contributed by atoms with van der Waals surface area (Å²) in [5.41, 5.74) is 3.36. The van der Waals surface area contributed by atoms with Crippen LogP contribution in [0.1, 0.15) is 52.5 Å². The maximum absolute atomic E-state index is 9.16. The van der Waals surface area contributed by atoms with Gasteiger partial charge in [0.25, 0.3) is 6.33 Å². The van der Waals surface area contributed by atoms with Crippen molar-refractivity contribution in [1.82, 2.24) is 14.1 Å². The van der Waals surface area contributed by atoms with E-state index >= 15 is 0 Å². The molecule has 0 saturated carbocycles. The Bertz CT molecular complexity index is 4260. The van der Waals surface area contributed by atoms with Gasteiger partial charge in [0.2, 0.25) is 0 Å². The van der Waals surface area contributed by atoms with Crippen molar-refractivity contribution in [3.63, 3.8) is 0 Å². The van der Waals surface area contributed by atoms with Crippen LogP contribution in [0.15, 0.2) is 194 Å². The number of nitrogens with zero attached hydrogens (tertiary/aromatic N) is 4. The molecule has 5 nitrogen and oxygen atoms in total. The number of benzene rings is 8. The molecule has 3 heterocycles. The van der Waals surface area contributed by atoms with Crippen molar-refractivity contribution in [2.75, 3.05) is 0 Å². The van der Waals surface area contributed by atoms with Crippen LogP contribution < -0.4 is 9.30 Å². The molecule has 0 unspecified atom stereocenters. The van der Waals surface area contributed by atoms with Crippen molar-refractivity contribution in [2.24, 2.45) is 0 Å². The molecule has 0 N–H and O–H groups in total. The van der Waals surface area contributed by atoms with Crippen LogP contribution in [0.4, 0.5) is 0 Å². The Labute approximate surface area is 415 Å². The Morgan fingerprint density at radius 1 is 0.631 bits per heavy atom. The Morgan fingerprint density at radius 3 is 1.91 bits per heavy atom. The molecular formula is C59H44N4OPt-2. The smallest absolute Gasteiger partial charge is 0.268 e. The SMILES string of the molecule is [2H]c1c([2H])c([2H])c(-c2cc(-n3[c-][n+](-c4c(-c5c([2H])c([2H])c([2H])c([2H])c5[2H])cccc4-c4c([2H])c([2H])c([2H])c([2H])c4[2H])c4ccccc43)[c-]c(Oc3[c-]c4c(cc3)c3ccccc3n4-c3cc(C(C)(C)C)ccn3)c2C)c([2H])c1[2H].[Pt]. The molecule has 0 radical (unpaired) electrons. The van der Waals surface area contributed by atoms with Crippen LogP contribution in [0, 0.1) is 25.4 Å². The van der Waals surface area contributed by atoms with E-state index in [9.17, 15) is 0 Å². The molecule has 65 heavy (non-hydrogen) atoms. The van der Waals surface area contributed by atoms with Gasteiger partial charge in [0.1, 0.15) is 5.82 Å². The number of hydrogen-bond donors (Lipinski definition) is 0. The van der Waals surface area contributed by atoms with Gasteiger partial charge in [-0.05, 0) is 68.1 Å². The van der Waals surface area contributed by atoms with Crippen molar-refractivity contribution in [1.29, 1.82) is 0 Å². The first-order chi connectivity index (χ1) is 37.5. The Morgan fingerprint density at radius 2 is 1.25 bits per heavy atom. The number of aromatic nitrogens is 4. The van der Waals surface area contributed by atoms with Crippen LogP contribution in [0.3, 0.4) is 0 Å². The van der Waals surface area contributed by atoms with E-state index in [0.717, 1.165) is 21.9 Å². The predicted molar refractivity (Wildman–Crippen MR) is 260 cm³/mol. The second kappa shape index (κ2) is 17.0. The summed E-state index contributed by atoms with van der Waals surface area (Å²) in [4.78, 5) is 4.81. The Hall–Kier alpha value is -7.33. The molecule has 318 valence electrons. The third-order valence-electron chi connectivity index (χ3n) is 11.2. The molecular weight excluding hydrogens is 976 g/mol. The molecule has 8 aromatic carbocycles. The molecule has 11 rings (SSSR count). The van der Waals surface area contributed by atoms with Crippen LogP contribution in [0.2, 0.25) is 0 Å². The molecule has 11 aromatic rings. The minimum atomic E-state index is -0.636. The van der Waals surface area contributed by atoms with E-state index in [-0.39, 0.29) is 82.7 Å². The molecule has 0 aliphatic heterocycles. The van der Waals surface area contributed by atoms with Gasteiger partial charge >= 0.3 is 0 Å². The zero-order valence-electron chi connectivity index (χ0n) is 50.3. The van der Waals surface area contributed by atoms with Crippen LogP contribution in [-0.4, -0.2) is 14.1 Å². The molecule has 3 aromatic heterocycles. The average molecular weight is 1040 g/mol. The Balaban J connectivity index is 0.00000720. The van der Waals surface area contributed by atoms with Gasteiger partial charge < -0.3 is 13.9 Å². The maximum Gasteiger partial charge on any atom is 0.268 e. The predicted octanol–water partition coefficient (Wildman–Crippen LogP) is 14.2. The van der Waals surface area contributed by atoms with Gasteiger partial charge in [-0.3, -0.25) is 4.57 Å². The van der Waals surface area contributed by atoms with Crippen molar-refractivity contribution < 1.29 is 50.9 Å². The van der Waals surface area contributed by atoms with E-state index in [2.05, 4.69) is 39.2 Å². The van der Waals surface area contributed by atoms with E-state index < -0.39 is 90.6 Å². The van der Waals surface area contributed by atoms with E-state index in [1.807, 2.05) is 47.0 Å². The van der Waals surface area contributed by atoms with Crippen molar-refractivity contribution >= 4 is 32.8 Å². The molecule has 6 heteroatoms. The van der Waals surface area contributed by atoms with Gasteiger partial charge in [0.05, 0.1) is 37.3 Å². The van der Waals surface area contributed by atoms with E-state index in [1.54, 1.807) is 54.1 Å². The van der Waals surface area contributed by atoms with Crippen LogP contribution in [0.5, 0.6) is 11.5 Å². The molecule has 0 saturated heterocycles. The van der Waals surface area contributed by atoms with Crippen molar-refractivity contribution in [3.05, 3.63) is 223 Å². The quantitative estimate of drug-likeness (QED) is 0.112. The number of pyridine rings is 1. The van der Waals surface area contributed by atoms with Crippen LogP contribution >= 0.6 is 0 Å². The van der Waals surface area contributed by atoms with Crippen LogP contribution in [0.25, 0.3) is 83.4 Å². The first kappa shape index (κ1) is 27.8. The van der Waals surface area contributed by atoms with Crippen molar-refractivity contribution in [2.45, 2.75) is 33.1 Å². The zero-order chi connectivity index (χ0) is 56.4. The fourth-order valence-electron chi connectivity index (χ4n) is 8.13. The van der Waals surface area contributed by atoms with E-state index in [1.165, 1.54) is 22.8 Å². The largest absolute Gasteiger partial charge is 0.509 e. The van der Waals surface area contributed by atoms with Gasteiger partial charge in [-0.2, -0.15) is 12.1 Å². The number of fused-ring (bicyclic) bond motifs is 4. The minimum Gasteiger partial charge on any atom is -0.509 e. The number of ether oxygens (including phenoxy) is 1. The summed E-state index contributed by atoms with van der Waals surface area (Å²) in [6, 6.07) is 26.8. The minimum absolute atomic E-state index is 0. The third kappa shape index (κ3) is 7.56. The standard InChI is InChI=1S/C59H44N4O.Pt/c1-40-51(43-23-12-7-13-24-43)36-45(37-56(40)64-46-31-32-50-49-25-14-15-28-52(49)63(55(50)38-46)57-35-44(33-34-60-57)59(2,3)4)61-39-62(54-30-17-16-29-53(54)61)58-47(41-19-8-5-9-20-41)26-18-27-48(58)42-21-10-6-11-22-42;/h5-36H,1-4H3;/q-2;/i5D,6D,7D,8D,9D,10D,11D,12D,13D,19D,20D,21D,22D,23D,24D;. The first-order valence-corrected chi connectivity index (χ1v) is 20.5. The summed E-state index contributed by atoms with van der Waals surface area (Å²) in [5, 5.41) is 1.81. The number of rotatable bonds is 8. The summed E-state index contributed by atoms with van der Waals surface area (Å²) in [6.07, 6.45) is 5.13. The number of imidazole rings is 1. The summed E-state index contributed by atoms with van der Waals surface area (Å²) in [7, 11) is 0. The average Bonchev–Trinajstić information content (AvgIpc) is 4.09. The first-order valence-electron chi connectivity index (χ1n) is 28.0. The second-order valence-corrected chi connectivity index (χ2v) is 16.2. The normalized spacial score (nSPS) is 14.8. The summed E-state index contributed by atoms with van der Waals surface area (Å²) < 4.78 is 144. The van der Waals surface area contributed by atoms with Gasteiger partial charge in [-0.15, -0.1) is 34.7 Å². The zero-order valence-corrected chi connectivity index (χ0v) is 37.6. The third-order valence-corrected chi connectivity index (χ3v) is 11.2. The molecule has 0 fully saturated rings. The molecule has 0 atom stereocenters. The molecule has 0 bridgehead atoms. The van der Waals surface area contributed by atoms with Gasteiger partial charge in [-0.1, -0.05) is 185 Å². The van der Waals surface area contributed by atoms with Gasteiger partial charge in [-0.25, -0.2) is 4.98 Å². The second-order valence-electron chi connectivity index (χ2n) is 16.2. The Kier molecular flexibility index (Phi) is 7.26. The van der Waals surface area contributed by atoms with Gasteiger partial charge in [0.15, 0.2) is 0 Å². The summed E-state index contributed by atoms with van der Waals surface area (Å²) in [5.74, 6) is 0.966. The molecule has 0 spiro atoms. The number of hydrogen-bond acceptors (Lipinski definition) is 2. The monoisotopic (exact) mass is 1030 g/mol. The van der Waals surface area contributed by atoms with Gasteiger partial charge in [0, 0.05) is 44.3 Å².